The smallest absolute Gasteiger partial charge is 0.361 e. The number of oxazole rings is 1. The summed E-state index contributed by atoms with van der Waals surface area (Å²) < 4.78 is 10.5. The SMILES string of the molecule is Cc1oc(-c2ccccc2)nc1C(=O)OCC(=O)C(C)(C)C. The van der Waals surface area contributed by atoms with E-state index in [1.54, 1.807) is 27.7 Å². The molecule has 22 heavy (non-hydrogen) atoms. The first-order chi connectivity index (χ1) is 10.3. The van der Waals surface area contributed by atoms with E-state index in [9.17, 15) is 9.59 Å². The van der Waals surface area contributed by atoms with E-state index in [2.05, 4.69) is 4.98 Å². The number of carbonyl (C=O) groups is 2. The monoisotopic (exact) mass is 301 g/mol. The number of ketones is 1. The predicted molar refractivity (Wildman–Crippen MR) is 81.4 cm³/mol. The highest BCUT2D eigenvalue weighted by molar-refractivity contribution is 5.92. The zero-order chi connectivity index (χ0) is 16.3. The Labute approximate surface area is 129 Å². The van der Waals surface area contributed by atoms with Gasteiger partial charge in [0.2, 0.25) is 5.89 Å². The van der Waals surface area contributed by atoms with Gasteiger partial charge in [-0.25, -0.2) is 9.78 Å². The molecule has 0 fully saturated rings. The van der Waals surface area contributed by atoms with E-state index in [-0.39, 0.29) is 18.1 Å². The van der Waals surface area contributed by atoms with Crippen LogP contribution in [0, 0.1) is 12.3 Å². The van der Waals surface area contributed by atoms with E-state index in [0.29, 0.717) is 11.7 Å². The van der Waals surface area contributed by atoms with Gasteiger partial charge >= 0.3 is 5.97 Å². The topological polar surface area (TPSA) is 69.4 Å². The average Bonchev–Trinajstić information content (AvgIpc) is 2.86. The standard InChI is InChI=1S/C17H19NO4/c1-11-14(16(20)21-10-13(19)17(2,3)4)18-15(22-11)12-8-6-5-7-9-12/h5-9H,10H2,1-4H3. The first kappa shape index (κ1) is 15.9. The van der Waals surface area contributed by atoms with Crippen molar-refractivity contribution in [3.63, 3.8) is 0 Å². The van der Waals surface area contributed by atoms with Crippen LogP contribution < -0.4 is 0 Å². The van der Waals surface area contributed by atoms with Crippen molar-refractivity contribution < 1.29 is 18.7 Å². The molecule has 0 radical (unpaired) electrons. The Kier molecular flexibility index (Phi) is 4.45. The van der Waals surface area contributed by atoms with Gasteiger partial charge in [-0.2, -0.15) is 0 Å². The number of ether oxygens (including phenoxy) is 1. The highest BCUT2D eigenvalue weighted by atomic mass is 16.5. The van der Waals surface area contributed by atoms with Gasteiger partial charge in [-0.05, 0) is 19.1 Å². The van der Waals surface area contributed by atoms with Gasteiger partial charge in [0.15, 0.2) is 18.1 Å². The van der Waals surface area contributed by atoms with Crippen molar-refractivity contribution in [1.82, 2.24) is 4.98 Å². The lowest BCUT2D eigenvalue weighted by Crippen LogP contribution is -2.26. The summed E-state index contributed by atoms with van der Waals surface area (Å²) in [5.41, 5.74) is 0.324. The second-order valence-electron chi connectivity index (χ2n) is 6.04. The highest BCUT2D eigenvalue weighted by Crippen LogP contribution is 2.22. The molecular formula is C17H19NO4. The quantitative estimate of drug-likeness (QED) is 0.809. The molecule has 0 amide bonds. The minimum absolute atomic E-state index is 0.0977. The van der Waals surface area contributed by atoms with E-state index in [1.807, 2.05) is 30.3 Å². The first-order valence-corrected chi connectivity index (χ1v) is 7.02. The molecule has 1 heterocycles. The Morgan fingerprint density at radius 1 is 1.18 bits per heavy atom. The van der Waals surface area contributed by atoms with Crippen LogP contribution in [0.25, 0.3) is 11.5 Å². The largest absolute Gasteiger partial charge is 0.453 e. The number of Topliss-reactive ketones (excluding diaryl/α,β-unsaturated/α-hetero) is 1. The van der Waals surface area contributed by atoms with Gasteiger partial charge in [0.05, 0.1) is 0 Å². The lowest BCUT2D eigenvalue weighted by Gasteiger charge is -2.15. The summed E-state index contributed by atoms with van der Waals surface area (Å²) in [6.45, 7) is 6.70. The van der Waals surface area contributed by atoms with Crippen LogP contribution in [0.4, 0.5) is 0 Å². The molecule has 0 bridgehead atoms. The number of hydrogen-bond donors (Lipinski definition) is 0. The Morgan fingerprint density at radius 2 is 1.82 bits per heavy atom. The van der Waals surface area contributed by atoms with Crippen LogP contribution in [0.5, 0.6) is 0 Å². The fraction of sp³-hybridized carbons (Fsp3) is 0.353. The zero-order valence-corrected chi connectivity index (χ0v) is 13.2. The van der Waals surface area contributed by atoms with E-state index in [4.69, 9.17) is 9.15 Å². The van der Waals surface area contributed by atoms with Crippen LogP contribution in [-0.4, -0.2) is 23.3 Å². The number of hydrogen-bond acceptors (Lipinski definition) is 5. The molecule has 0 unspecified atom stereocenters. The van der Waals surface area contributed by atoms with Gasteiger partial charge in [-0.15, -0.1) is 0 Å². The second kappa shape index (κ2) is 6.13. The van der Waals surface area contributed by atoms with Crippen LogP contribution in [0.1, 0.15) is 37.0 Å². The summed E-state index contributed by atoms with van der Waals surface area (Å²) in [5, 5.41) is 0. The average molecular weight is 301 g/mol. The summed E-state index contributed by atoms with van der Waals surface area (Å²) in [6.07, 6.45) is 0. The molecule has 0 spiro atoms. The molecule has 0 saturated heterocycles. The molecule has 1 aromatic carbocycles. The van der Waals surface area contributed by atoms with Crippen molar-refractivity contribution in [2.75, 3.05) is 6.61 Å². The highest BCUT2D eigenvalue weighted by Gasteiger charge is 2.25. The summed E-state index contributed by atoms with van der Waals surface area (Å²) in [5.74, 6) is -0.0782. The number of aromatic nitrogens is 1. The molecule has 0 aliphatic heterocycles. The van der Waals surface area contributed by atoms with Gasteiger partial charge in [0.1, 0.15) is 5.76 Å². The number of esters is 1. The minimum atomic E-state index is -0.652. The fourth-order valence-electron chi connectivity index (χ4n) is 1.71. The molecule has 5 heteroatoms. The third-order valence-electron chi connectivity index (χ3n) is 3.18. The third kappa shape index (κ3) is 3.61. The van der Waals surface area contributed by atoms with Crippen LogP contribution >= 0.6 is 0 Å². The maximum Gasteiger partial charge on any atom is 0.361 e. The van der Waals surface area contributed by atoms with Crippen LogP contribution in [-0.2, 0) is 9.53 Å². The first-order valence-electron chi connectivity index (χ1n) is 7.02. The van der Waals surface area contributed by atoms with E-state index in [0.717, 1.165) is 5.56 Å². The van der Waals surface area contributed by atoms with Gasteiger partial charge in [0.25, 0.3) is 0 Å². The Morgan fingerprint density at radius 3 is 2.41 bits per heavy atom. The van der Waals surface area contributed by atoms with Gasteiger partial charge in [-0.3, -0.25) is 4.79 Å². The van der Waals surface area contributed by atoms with Crippen molar-refractivity contribution in [3.05, 3.63) is 41.8 Å². The number of nitrogens with zero attached hydrogens (tertiary/aromatic N) is 1. The molecule has 0 saturated carbocycles. The molecule has 2 aromatic rings. The summed E-state index contributed by atoms with van der Waals surface area (Å²) in [6, 6.07) is 9.27. The molecule has 116 valence electrons. The molecule has 1 aromatic heterocycles. The van der Waals surface area contributed by atoms with Crippen LogP contribution in [0.15, 0.2) is 34.7 Å². The third-order valence-corrected chi connectivity index (χ3v) is 3.18. The molecular weight excluding hydrogens is 282 g/mol. The molecule has 2 rings (SSSR count). The van der Waals surface area contributed by atoms with E-state index in [1.165, 1.54) is 0 Å². The Hall–Kier alpha value is -2.43. The number of benzene rings is 1. The molecule has 0 N–H and O–H groups in total. The van der Waals surface area contributed by atoms with Gasteiger partial charge in [-0.1, -0.05) is 39.0 Å². The van der Waals surface area contributed by atoms with Crippen LogP contribution in [0.3, 0.4) is 0 Å². The summed E-state index contributed by atoms with van der Waals surface area (Å²) in [4.78, 5) is 28.0. The second-order valence-corrected chi connectivity index (χ2v) is 6.04. The van der Waals surface area contributed by atoms with E-state index < -0.39 is 11.4 Å². The normalized spacial score (nSPS) is 11.3. The summed E-state index contributed by atoms with van der Waals surface area (Å²) in [7, 11) is 0. The fourth-order valence-corrected chi connectivity index (χ4v) is 1.71. The molecule has 0 aliphatic carbocycles. The maximum absolute atomic E-state index is 12.0. The lowest BCUT2D eigenvalue weighted by molar-refractivity contribution is -0.129. The van der Waals surface area contributed by atoms with Gasteiger partial charge in [0, 0.05) is 11.0 Å². The lowest BCUT2D eigenvalue weighted by atomic mass is 9.91. The Bertz CT molecular complexity index is 680. The molecule has 0 atom stereocenters. The minimum Gasteiger partial charge on any atom is -0.453 e. The zero-order valence-electron chi connectivity index (χ0n) is 13.2. The number of rotatable bonds is 4. The molecule has 5 nitrogen and oxygen atoms in total. The van der Waals surface area contributed by atoms with E-state index >= 15 is 0 Å². The predicted octanol–water partition coefficient (Wildman–Crippen LogP) is 3.42. The van der Waals surface area contributed by atoms with Gasteiger partial charge < -0.3 is 9.15 Å². The van der Waals surface area contributed by atoms with Crippen molar-refractivity contribution in [2.45, 2.75) is 27.7 Å². The number of carbonyl (C=O) groups excluding carboxylic acids is 2. The maximum atomic E-state index is 12.0. The van der Waals surface area contributed by atoms with Crippen molar-refractivity contribution >= 4 is 11.8 Å². The van der Waals surface area contributed by atoms with Crippen molar-refractivity contribution in [2.24, 2.45) is 5.41 Å². The summed E-state index contributed by atoms with van der Waals surface area (Å²) >= 11 is 0. The van der Waals surface area contributed by atoms with Crippen LogP contribution in [0.2, 0.25) is 0 Å². The van der Waals surface area contributed by atoms with Crippen molar-refractivity contribution in [1.29, 1.82) is 0 Å². The number of aryl methyl sites for hydroxylation is 1. The molecule has 0 aliphatic rings. The Balaban J connectivity index is 2.11. The van der Waals surface area contributed by atoms with Crippen molar-refractivity contribution in [3.8, 4) is 11.5 Å².